The summed E-state index contributed by atoms with van der Waals surface area (Å²) in [4.78, 5) is 24.6. The Labute approximate surface area is 481 Å². The molecule has 0 aromatic heterocycles. The molecule has 0 aliphatic rings. The van der Waals surface area contributed by atoms with Crippen LogP contribution in [0.2, 0.25) is 0 Å². The van der Waals surface area contributed by atoms with Crippen molar-refractivity contribution in [2.24, 2.45) is 0 Å². The first-order valence-electron chi connectivity index (χ1n) is 35.1. The third-order valence-corrected chi connectivity index (χ3v) is 16.5. The first-order chi connectivity index (χ1) is 38.0. The zero-order valence-electron chi connectivity index (χ0n) is 52.2. The molecule has 0 saturated carbocycles. The highest BCUT2D eigenvalue weighted by molar-refractivity contribution is 5.76. The lowest BCUT2D eigenvalue weighted by molar-refractivity contribution is -0.143. The number of esters is 1. The van der Waals surface area contributed by atoms with E-state index in [9.17, 15) is 19.8 Å². The maximum absolute atomic E-state index is 12.5. The van der Waals surface area contributed by atoms with E-state index in [1.54, 1.807) is 6.08 Å². The van der Waals surface area contributed by atoms with Crippen molar-refractivity contribution in [2.75, 3.05) is 13.2 Å². The van der Waals surface area contributed by atoms with Crippen LogP contribution in [0, 0.1) is 0 Å². The molecule has 0 rings (SSSR count). The molecule has 2 unspecified atom stereocenters. The lowest BCUT2D eigenvalue weighted by Crippen LogP contribution is -2.45. The molecule has 0 radical (unpaired) electrons. The molecule has 0 aliphatic heterocycles. The topological polar surface area (TPSA) is 95.9 Å². The van der Waals surface area contributed by atoms with Crippen LogP contribution < -0.4 is 5.32 Å². The summed E-state index contributed by atoms with van der Waals surface area (Å²) in [7, 11) is 0. The summed E-state index contributed by atoms with van der Waals surface area (Å²) in [5, 5.41) is 23.3. The van der Waals surface area contributed by atoms with Crippen LogP contribution in [0.15, 0.2) is 24.3 Å². The number of aliphatic hydroxyl groups is 2. The van der Waals surface area contributed by atoms with Gasteiger partial charge in [0.05, 0.1) is 25.4 Å². The molecular weight excluding hydrogens is 947 g/mol. The second-order valence-electron chi connectivity index (χ2n) is 24.2. The Morgan fingerprint density at radius 1 is 0.351 bits per heavy atom. The molecule has 456 valence electrons. The molecule has 6 heteroatoms. The summed E-state index contributed by atoms with van der Waals surface area (Å²) >= 11 is 0. The zero-order chi connectivity index (χ0) is 55.7. The molecule has 2 atom stereocenters. The third-order valence-electron chi connectivity index (χ3n) is 16.5. The molecule has 0 aromatic carbocycles. The molecule has 0 aliphatic carbocycles. The van der Waals surface area contributed by atoms with Crippen molar-refractivity contribution in [3.8, 4) is 0 Å². The molecule has 0 aromatic rings. The molecular formula is C71H137NO5. The van der Waals surface area contributed by atoms with E-state index in [1.165, 1.54) is 321 Å². The van der Waals surface area contributed by atoms with Crippen molar-refractivity contribution in [3.05, 3.63) is 24.3 Å². The second kappa shape index (κ2) is 66.8. The van der Waals surface area contributed by atoms with Crippen molar-refractivity contribution in [1.29, 1.82) is 0 Å². The van der Waals surface area contributed by atoms with Gasteiger partial charge in [0, 0.05) is 12.8 Å². The zero-order valence-corrected chi connectivity index (χ0v) is 52.2. The van der Waals surface area contributed by atoms with Gasteiger partial charge in [-0.3, -0.25) is 9.59 Å². The first kappa shape index (κ1) is 75.3. The van der Waals surface area contributed by atoms with Crippen LogP contribution in [-0.2, 0) is 14.3 Å². The minimum Gasteiger partial charge on any atom is -0.466 e. The highest BCUT2D eigenvalue weighted by atomic mass is 16.5. The Bertz CT molecular complexity index is 1200. The lowest BCUT2D eigenvalue weighted by Gasteiger charge is -2.20. The van der Waals surface area contributed by atoms with E-state index in [1.807, 2.05) is 6.08 Å². The van der Waals surface area contributed by atoms with Gasteiger partial charge in [0.25, 0.3) is 0 Å². The van der Waals surface area contributed by atoms with E-state index in [0.29, 0.717) is 19.4 Å². The summed E-state index contributed by atoms with van der Waals surface area (Å²) in [6.07, 6.45) is 84.0. The van der Waals surface area contributed by atoms with Crippen molar-refractivity contribution in [2.45, 2.75) is 405 Å². The fraction of sp³-hybridized carbons (Fsp3) is 0.915. The van der Waals surface area contributed by atoms with Gasteiger partial charge in [0.15, 0.2) is 0 Å². The van der Waals surface area contributed by atoms with E-state index >= 15 is 0 Å². The average Bonchev–Trinajstić information content (AvgIpc) is 3.43. The fourth-order valence-electron chi connectivity index (χ4n) is 11.1. The number of aliphatic hydroxyl groups excluding tert-OH is 2. The molecule has 0 saturated heterocycles. The van der Waals surface area contributed by atoms with Gasteiger partial charge < -0.3 is 20.3 Å². The van der Waals surface area contributed by atoms with Crippen molar-refractivity contribution >= 4 is 11.9 Å². The quantitative estimate of drug-likeness (QED) is 0.0320. The van der Waals surface area contributed by atoms with Gasteiger partial charge in [-0.15, -0.1) is 0 Å². The Kier molecular flexibility index (Phi) is 65.4. The Hall–Kier alpha value is -1.66. The van der Waals surface area contributed by atoms with Gasteiger partial charge in [-0.05, 0) is 57.8 Å². The maximum atomic E-state index is 12.5. The summed E-state index contributed by atoms with van der Waals surface area (Å²) in [5.41, 5.74) is 0. The third kappa shape index (κ3) is 63.4. The summed E-state index contributed by atoms with van der Waals surface area (Å²) < 4.78 is 5.48. The van der Waals surface area contributed by atoms with Gasteiger partial charge in [-0.25, -0.2) is 0 Å². The first-order valence-corrected chi connectivity index (χ1v) is 35.1. The van der Waals surface area contributed by atoms with Crippen molar-refractivity contribution in [3.63, 3.8) is 0 Å². The number of carbonyl (C=O) groups excluding carboxylic acids is 2. The molecule has 0 heterocycles. The number of ether oxygens (including phenoxy) is 1. The Balaban J connectivity index is 3.38. The number of rotatable bonds is 66. The van der Waals surface area contributed by atoms with E-state index < -0.39 is 12.1 Å². The number of hydrogen-bond acceptors (Lipinski definition) is 5. The van der Waals surface area contributed by atoms with Gasteiger partial charge in [-0.2, -0.15) is 0 Å². The number of amides is 1. The second-order valence-corrected chi connectivity index (χ2v) is 24.2. The predicted octanol–water partition coefficient (Wildman–Crippen LogP) is 22.5. The summed E-state index contributed by atoms with van der Waals surface area (Å²) in [6.45, 7) is 4.92. The summed E-state index contributed by atoms with van der Waals surface area (Å²) in [5.74, 6) is -0.0535. The van der Waals surface area contributed by atoms with Gasteiger partial charge in [0.1, 0.15) is 0 Å². The molecule has 1 amide bonds. The van der Waals surface area contributed by atoms with Crippen LogP contribution in [-0.4, -0.2) is 47.4 Å². The molecule has 3 N–H and O–H groups in total. The minimum atomic E-state index is -0.844. The number of allylic oxidation sites excluding steroid dienone is 3. The van der Waals surface area contributed by atoms with Crippen LogP contribution in [0.25, 0.3) is 0 Å². The minimum absolute atomic E-state index is 0.00825. The normalized spacial score (nSPS) is 12.6. The van der Waals surface area contributed by atoms with E-state index in [4.69, 9.17) is 4.74 Å². The lowest BCUT2D eigenvalue weighted by atomic mass is 10.0. The number of carbonyl (C=O) groups is 2. The molecule has 0 spiro atoms. The van der Waals surface area contributed by atoms with Crippen LogP contribution in [0.1, 0.15) is 393 Å². The average molecular weight is 1080 g/mol. The van der Waals surface area contributed by atoms with Gasteiger partial charge in [0.2, 0.25) is 5.91 Å². The molecule has 0 fully saturated rings. The summed E-state index contributed by atoms with van der Waals surface area (Å²) in [6, 6.07) is -0.627. The molecule has 6 nitrogen and oxygen atoms in total. The number of unbranched alkanes of at least 4 members (excludes halogenated alkanes) is 53. The van der Waals surface area contributed by atoms with E-state index in [-0.39, 0.29) is 18.5 Å². The largest absolute Gasteiger partial charge is 0.466 e. The highest BCUT2D eigenvalue weighted by Crippen LogP contribution is 2.19. The smallest absolute Gasteiger partial charge is 0.305 e. The van der Waals surface area contributed by atoms with Crippen LogP contribution >= 0.6 is 0 Å². The highest BCUT2D eigenvalue weighted by Gasteiger charge is 2.18. The van der Waals surface area contributed by atoms with E-state index in [0.717, 1.165) is 44.9 Å². The van der Waals surface area contributed by atoms with Crippen LogP contribution in [0.5, 0.6) is 0 Å². The van der Waals surface area contributed by atoms with Crippen LogP contribution in [0.4, 0.5) is 0 Å². The van der Waals surface area contributed by atoms with E-state index in [2.05, 4.69) is 31.3 Å². The molecule has 0 bridgehead atoms. The number of hydrogen-bond donors (Lipinski definition) is 3. The fourth-order valence-corrected chi connectivity index (χ4v) is 11.1. The standard InChI is InChI=1S/C71H137NO5/c1-3-5-7-9-11-13-15-17-18-19-20-27-30-33-36-40-43-47-51-55-59-63-69(74)68(67-73)72-70(75)64-60-56-52-48-44-41-37-34-31-28-25-23-21-22-24-26-29-32-35-38-42-46-50-54-58-62-66-77-71(76)65-61-57-53-49-45-39-16-14-12-10-8-6-4-2/h14,16,59,63,68-69,73-74H,3-13,15,17-58,60-62,64-67H2,1-2H3,(H,72,75)/b16-14-,63-59+. The van der Waals surface area contributed by atoms with Gasteiger partial charge >= 0.3 is 5.97 Å². The molecule has 77 heavy (non-hydrogen) atoms. The Morgan fingerprint density at radius 3 is 0.935 bits per heavy atom. The Morgan fingerprint density at radius 2 is 0.610 bits per heavy atom. The predicted molar refractivity (Wildman–Crippen MR) is 338 cm³/mol. The maximum Gasteiger partial charge on any atom is 0.305 e. The van der Waals surface area contributed by atoms with Crippen molar-refractivity contribution in [1.82, 2.24) is 5.32 Å². The van der Waals surface area contributed by atoms with Gasteiger partial charge in [-0.1, -0.05) is 346 Å². The van der Waals surface area contributed by atoms with Crippen LogP contribution in [0.3, 0.4) is 0 Å². The van der Waals surface area contributed by atoms with Crippen molar-refractivity contribution < 1.29 is 24.5 Å². The number of nitrogens with one attached hydrogen (secondary N) is 1. The SMILES string of the molecule is CCCCCC/C=C\CCCCCCCC(=O)OCCCCCCCCCCCCCCCCCCCCCCCCCCCCC(=O)NC(CO)C(O)/C=C/CCCCCCCCCCCCCCCCCCCCC. The monoisotopic (exact) mass is 1080 g/mol.